The minimum absolute atomic E-state index is 0.0502. The molecule has 0 saturated heterocycles. The summed E-state index contributed by atoms with van der Waals surface area (Å²) in [5.41, 5.74) is 3.23. The average Bonchev–Trinajstić information content (AvgIpc) is 2.79. The molecule has 142 valence electrons. The quantitative estimate of drug-likeness (QED) is 0.661. The fraction of sp³-hybridized carbons (Fsp3) is 0.200. The summed E-state index contributed by atoms with van der Waals surface area (Å²) >= 11 is 0. The molecule has 4 rings (SSSR count). The summed E-state index contributed by atoms with van der Waals surface area (Å²) in [6.07, 6.45) is 1.46. The van der Waals surface area contributed by atoms with Crippen LogP contribution >= 0.6 is 0 Å². The Hall–Kier alpha value is -2.88. The van der Waals surface area contributed by atoms with E-state index in [4.69, 9.17) is 9.47 Å². The normalized spacial score (nSPS) is 21.8. The maximum absolute atomic E-state index is 9.99. The van der Waals surface area contributed by atoms with Gasteiger partial charge in [0.25, 0.3) is 0 Å². The lowest BCUT2D eigenvalue weighted by atomic mass is 9.89. The van der Waals surface area contributed by atoms with Crippen LogP contribution in [-0.2, 0) is 16.1 Å². The van der Waals surface area contributed by atoms with Gasteiger partial charge in [-0.05, 0) is 22.8 Å². The van der Waals surface area contributed by atoms with Crippen LogP contribution in [0, 0.1) is 0 Å². The molecule has 3 atom stereocenters. The third kappa shape index (κ3) is 4.16. The molecule has 1 heterocycles. The molecule has 0 aliphatic carbocycles. The molecule has 0 aromatic heterocycles. The lowest BCUT2D eigenvalue weighted by Crippen LogP contribution is -2.32. The van der Waals surface area contributed by atoms with Crippen LogP contribution in [0.15, 0.2) is 103 Å². The SMILES string of the molecule is OC[C@H]1O[C@@H](c2ccccc2)C(OCc2ccccc2)=C[C@@H]1c1ccccc1. The van der Waals surface area contributed by atoms with Gasteiger partial charge in [-0.15, -0.1) is 0 Å². The molecule has 0 saturated carbocycles. The van der Waals surface area contributed by atoms with Crippen molar-refractivity contribution in [2.75, 3.05) is 6.61 Å². The lowest BCUT2D eigenvalue weighted by molar-refractivity contribution is -0.0690. The molecule has 1 N–H and O–H groups in total. The van der Waals surface area contributed by atoms with Crippen LogP contribution in [0.25, 0.3) is 0 Å². The van der Waals surface area contributed by atoms with Gasteiger partial charge in [0.15, 0.2) is 0 Å². The standard InChI is InChI=1S/C25H24O3/c26-17-24-22(20-12-6-2-7-13-20)16-23(27-18-19-10-4-1-5-11-19)25(28-24)21-14-8-3-9-15-21/h1-16,22,24-26H,17-18H2/t22-,24-,25+/m1/s1. The first-order chi connectivity index (χ1) is 13.8. The second-order valence-corrected chi connectivity index (χ2v) is 6.93. The number of hydrogen-bond acceptors (Lipinski definition) is 3. The molecule has 3 heteroatoms. The van der Waals surface area contributed by atoms with Gasteiger partial charge in [-0.1, -0.05) is 91.0 Å². The van der Waals surface area contributed by atoms with Gasteiger partial charge in [0.2, 0.25) is 0 Å². The van der Waals surface area contributed by atoms with E-state index in [1.54, 1.807) is 0 Å². The van der Waals surface area contributed by atoms with Crippen molar-refractivity contribution in [2.24, 2.45) is 0 Å². The molecule has 0 fully saturated rings. The molecule has 3 aromatic carbocycles. The fourth-order valence-corrected chi connectivity index (χ4v) is 3.58. The monoisotopic (exact) mass is 372 g/mol. The topological polar surface area (TPSA) is 38.7 Å². The first-order valence-electron chi connectivity index (χ1n) is 9.60. The third-order valence-electron chi connectivity index (χ3n) is 5.03. The Morgan fingerprint density at radius 3 is 1.93 bits per heavy atom. The Bertz CT molecular complexity index is 891. The van der Waals surface area contributed by atoms with Crippen molar-refractivity contribution in [3.8, 4) is 0 Å². The zero-order valence-electron chi connectivity index (χ0n) is 15.6. The first-order valence-corrected chi connectivity index (χ1v) is 9.60. The minimum Gasteiger partial charge on any atom is -0.490 e. The van der Waals surface area contributed by atoms with E-state index >= 15 is 0 Å². The summed E-state index contributed by atoms with van der Waals surface area (Å²) in [7, 11) is 0. The summed E-state index contributed by atoms with van der Waals surface area (Å²) in [6, 6.07) is 30.3. The maximum Gasteiger partial charge on any atom is 0.140 e. The van der Waals surface area contributed by atoms with E-state index in [1.165, 1.54) is 0 Å². The van der Waals surface area contributed by atoms with E-state index in [0.717, 1.165) is 22.4 Å². The largest absolute Gasteiger partial charge is 0.490 e. The highest BCUT2D eigenvalue weighted by Gasteiger charge is 2.34. The van der Waals surface area contributed by atoms with Crippen LogP contribution in [0.1, 0.15) is 28.7 Å². The highest BCUT2D eigenvalue weighted by Crippen LogP contribution is 2.39. The maximum atomic E-state index is 9.99. The molecular formula is C25H24O3. The summed E-state index contributed by atoms with van der Waals surface area (Å²) in [4.78, 5) is 0. The van der Waals surface area contributed by atoms with Crippen LogP contribution in [0.5, 0.6) is 0 Å². The van der Waals surface area contributed by atoms with Gasteiger partial charge < -0.3 is 14.6 Å². The van der Waals surface area contributed by atoms with Crippen molar-refractivity contribution in [3.63, 3.8) is 0 Å². The first kappa shape index (κ1) is 18.5. The highest BCUT2D eigenvalue weighted by atomic mass is 16.5. The zero-order valence-corrected chi connectivity index (χ0v) is 15.6. The summed E-state index contributed by atoms with van der Waals surface area (Å²) in [5, 5.41) is 9.99. The van der Waals surface area contributed by atoms with Crippen LogP contribution in [0.4, 0.5) is 0 Å². The summed E-state index contributed by atoms with van der Waals surface area (Å²) in [5.74, 6) is 0.727. The molecule has 1 aliphatic rings. The van der Waals surface area contributed by atoms with E-state index in [1.807, 2.05) is 78.9 Å². The van der Waals surface area contributed by atoms with Gasteiger partial charge in [-0.25, -0.2) is 0 Å². The molecule has 0 spiro atoms. The van der Waals surface area contributed by atoms with Crippen LogP contribution in [0.3, 0.4) is 0 Å². The van der Waals surface area contributed by atoms with E-state index in [2.05, 4.69) is 18.2 Å². The van der Waals surface area contributed by atoms with Gasteiger partial charge in [-0.3, -0.25) is 0 Å². The Kier molecular flexibility index (Phi) is 5.86. The van der Waals surface area contributed by atoms with E-state index < -0.39 is 0 Å². The van der Waals surface area contributed by atoms with E-state index in [0.29, 0.717) is 6.61 Å². The number of rotatable bonds is 6. The number of aliphatic hydroxyl groups excluding tert-OH is 1. The van der Waals surface area contributed by atoms with Gasteiger partial charge >= 0.3 is 0 Å². The lowest BCUT2D eigenvalue weighted by Gasteiger charge is -2.35. The van der Waals surface area contributed by atoms with Crippen LogP contribution < -0.4 is 0 Å². The second-order valence-electron chi connectivity index (χ2n) is 6.93. The fourth-order valence-electron chi connectivity index (χ4n) is 3.58. The summed E-state index contributed by atoms with van der Waals surface area (Å²) < 4.78 is 12.6. The van der Waals surface area contributed by atoms with Crippen molar-refractivity contribution in [1.82, 2.24) is 0 Å². The van der Waals surface area contributed by atoms with Crippen molar-refractivity contribution in [1.29, 1.82) is 0 Å². The Morgan fingerprint density at radius 1 is 0.750 bits per heavy atom. The van der Waals surface area contributed by atoms with Crippen molar-refractivity contribution < 1.29 is 14.6 Å². The molecule has 3 aromatic rings. The van der Waals surface area contributed by atoms with Crippen molar-refractivity contribution >= 4 is 0 Å². The van der Waals surface area contributed by atoms with Gasteiger partial charge in [0, 0.05) is 5.92 Å². The average molecular weight is 372 g/mol. The number of ether oxygens (including phenoxy) is 2. The molecule has 1 aliphatic heterocycles. The minimum atomic E-state index is -0.331. The van der Waals surface area contributed by atoms with Crippen LogP contribution in [0.2, 0.25) is 0 Å². The third-order valence-corrected chi connectivity index (χ3v) is 5.03. The predicted molar refractivity (Wildman–Crippen MR) is 110 cm³/mol. The molecule has 3 nitrogen and oxygen atoms in total. The molecular weight excluding hydrogens is 348 g/mol. The Labute approximate surface area is 165 Å². The second kappa shape index (κ2) is 8.87. The smallest absolute Gasteiger partial charge is 0.140 e. The highest BCUT2D eigenvalue weighted by molar-refractivity contribution is 5.33. The summed E-state index contributed by atoms with van der Waals surface area (Å²) in [6.45, 7) is 0.427. The van der Waals surface area contributed by atoms with Gasteiger partial charge in [-0.2, -0.15) is 0 Å². The number of benzene rings is 3. The Balaban J connectivity index is 1.67. The zero-order chi connectivity index (χ0) is 19.2. The number of hydrogen-bond donors (Lipinski definition) is 1. The van der Waals surface area contributed by atoms with Crippen molar-refractivity contribution in [3.05, 3.63) is 120 Å². The van der Waals surface area contributed by atoms with E-state index in [9.17, 15) is 5.11 Å². The van der Waals surface area contributed by atoms with E-state index in [-0.39, 0.29) is 24.7 Å². The molecule has 0 bridgehead atoms. The van der Waals surface area contributed by atoms with Crippen LogP contribution in [-0.4, -0.2) is 17.8 Å². The molecule has 0 amide bonds. The predicted octanol–water partition coefficient (Wildman–Crippen LogP) is 5.00. The molecule has 28 heavy (non-hydrogen) atoms. The van der Waals surface area contributed by atoms with Crippen molar-refractivity contribution in [2.45, 2.75) is 24.7 Å². The molecule has 0 radical (unpaired) electrons. The van der Waals surface area contributed by atoms with Gasteiger partial charge in [0.1, 0.15) is 18.5 Å². The Morgan fingerprint density at radius 2 is 1.32 bits per heavy atom. The number of aliphatic hydroxyl groups is 1. The van der Waals surface area contributed by atoms with Gasteiger partial charge in [0.05, 0.1) is 12.7 Å². The molecule has 0 unspecified atom stereocenters.